The lowest BCUT2D eigenvalue weighted by atomic mass is 10.00. The van der Waals surface area contributed by atoms with E-state index in [2.05, 4.69) is 48.0 Å². The normalized spacial score (nSPS) is 22.8. The van der Waals surface area contributed by atoms with Crippen molar-refractivity contribution >= 4 is 0 Å². The Labute approximate surface area is 143 Å². The van der Waals surface area contributed by atoms with Gasteiger partial charge in [-0.05, 0) is 37.1 Å². The highest BCUT2D eigenvalue weighted by Gasteiger charge is 2.30. The maximum atomic E-state index is 5.97. The summed E-state index contributed by atoms with van der Waals surface area (Å²) in [4.78, 5) is 6.67. The summed E-state index contributed by atoms with van der Waals surface area (Å²) in [5.74, 6) is 1.04. The van der Waals surface area contributed by atoms with Gasteiger partial charge < -0.3 is 9.47 Å². The monoisotopic (exact) mass is 324 g/mol. The molecule has 24 heavy (non-hydrogen) atoms. The number of hydrogen-bond acceptors (Lipinski definition) is 4. The van der Waals surface area contributed by atoms with E-state index in [0.717, 1.165) is 44.0 Å². The van der Waals surface area contributed by atoms with Crippen LogP contribution >= 0.6 is 0 Å². The van der Waals surface area contributed by atoms with E-state index in [1.54, 1.807) is 6.20 Å². The number of ether oxygens (including phenoxy) is 2. The minimum Gasteiger partial charge on any atom is -0.487 e. The van der Waals surface area contributed by atoms with Gasteiger partial charge in [0.25, 0.3) is 0 Å². The molecule has 2 aliphatic heterocycles. The van der Waals surface area contributed by atoms with E-state index in [-0.39, 0.29) is 11.7 Å². The predicted octanol–water partition coefficient (Wildman–Crippen LogP) is 3.37. The quantitative estimate of drug-likeness (QED) is 0.867. The average molecular weight is 324 g/mol. The number of pyridine rings is 1. The molecule has 1 aromatic carbocycles. The van der Waals surface area contributed by atoms with Crippen molar-refractivity contribution in [1.82, 2.24) is 9.88 Å². The van der Waals surface area contributed by atoms with Gasteiger partial charge in [0, 0.05) is 44.0 Å². The number of aromatic nitrogens is 1. The first-order valence-electron chi connectivity index (χ1n) is 8.64. The molecule has 1 saturated heterocycles. The molecular weight excluding hydrogens is 300 g/mol. The van der Waals surface area contributed by atoms with Crippen LogP contribution in [-0.2, 0) is 17.7 Å². The van der Waals surface area contributed by atoms with Gasteiger partial charge in [-0.2, -0.15) is 0 Å². The molecule has 0 aliphatic carbocycles. The van der Waals surface area contributed by atoms with Crippen LogP contribution in [-0.4, -0.2) is 35.2 Å². The second kappa shape index (κ2) is 6.19. The van der Waals surface area contributed by atoms with Gasteiger partial charge in [0.15, 0.2) is 0 Å². The smallest absolute Gasteiger partial charge is 0.123 e. The molecule has 4 nitrogen and oxygen atoms in total. The highest BCUT2D eigenvalue weighted by atomic mass is 16.5. The highest BCUT2D eigenvalue weighted by Crippen LogP contribution is 2.35. The lowest BCUT2D eigenvalue weighted by molar-refractivity contribution is -0.0330. The average Bonchev–Trinajstić information content (AvgIpc) is 2.89. The van der Waals surface area contributed by atoms with Crippen molar-refractivity contribution in [2.75, 3.05) is 19.7 Å². The minimum atomic E-state index is -0.0780. The van der Waals surface area contributed by atoms with Crippen molar-refractivity contribution in [3.8, 4) is 5.75 Å². The van der Waals surface area contributed by atoms with Crippen LogP contribution in [0.25, 0.3) is 0 Å². The number of morpholine rings is 1. The molecule has 0 N–H and O–H groups in total. The van der Waals surface area contributed by atoms with E-state index in [1.807, 2.05) is 12.3 Å². The maximum absolute atomic E-state index is 5.97. The largest absolute Gasteiger partial charge is 0.487 e. The van der Waals surface area contributed by atoms with Crippen LogP contribution in [0.4, 0.5) is 0 Å². The molecule has 0 amide bonds. The fourth-order valence-electron chi connectivity index (χ4n) is 3.63. The van der Waals surface area contributed by atoms with E-state index in [0.29, 0.717) is 0 Å². The first-order chi connectivity index (χ1) is 11.6. The molecule has 0 radical (unpaired) electrons. The molecule has 2 aliphatic rings. The first-order valence-corrected chi connectivity index (χ1v) is 8.64. The van der Waals surface area contributed by atoms with Crippen LogP contribution in [0.1, 0.15) is 36.6 Å². The second-order valence-electron chi connectivity index (χ2n) is 7.36. The van der Waals surface area contributed by atoms with Crippen molar-refractivity contribution in [3.63, 3.8) is 0 Å². The molecule has 126 valence electrons. The van der Waals surface area contributed by atoms with E-state index in [1.165, 1.54) is 11.1 Å². The van der Waals surface area contributed by atoms with Gasteiger partial charge in [-0.25, -0.2) is 0 Å². The Bertz CT molecular complexity index is 715. The fourth-order valence-corrected chi connectivity index (χ4v) is 3.63. The predicted molar refractivity (Wildman–Crippen MR) is 93.1 cm³/mol. The standard InChI is InChI=1S/C20H24N2O2/c1-20(2)11-17-10-15(5-6-18(17)24-20)13-22-8-9-23-19(14-22)16-4-3-7-21-12-16/h3-7,10,12,19H,8-9,11,13-14H2,1-2H3. The van der Waals surface area contributed by atoms with Crippen LogP contribution in [0, 0.1) is 0 Å². The zero-order valence-electron chi connectivity index (χ0n) is 14.4. The lowest BCUT2D eigenvalue weighted by Crippen LogP contribution is -2.37. The van der Waals surface area contributed by atoms with Crippen LogP contribution in [0.5, 0.6) is 5.75 Å². The molecule has 1 fully saturated rings. The summed E-state index contributed by atoms with van der Waals surface area (Å²) in [6.07, 6.45) is 4.81. The summed E-state index contributed by atoms with van der Waals surface area (Å²) in [5.41, 5.74) is 3.76. The van der Waals surface area contributed by atoms with Crippen molar-refractivity contribution in [2.45, 2.75) is 38.5 Å². The van der Waals surface area contributed by atoms with E-state index in [9.17, 15) is 0 Å². The fraction of sp³-hybridized carbons (Fsp3) is 0.450. The number of rotatable bonds is 3. The van der Waals surface area contributed by atoms with Crippen molar-refractivity contribution in [1.29, 1.82) is 0 Å². The van der Waals surface area contributed by atoms with Crippen molar-refractivity contribution in [2.24, 2.45) is 0 Å². The molecule has 1 atom stereocenters. The summed E-state index contributed by atoms with van der Waals surface area (Å²) in [6, 6.07) is 10.7. The van der Waals surface area contributed by atoms with Gasteiger partial charge in [0.2, 0.25) is 0 Å². The van der Waals surface area contributed by atoms with Gasteiger partial charge in [-0.3, -0.25) is 9.88 Å². The summed E-state index contributed by atoms with van der Waals surface area (Å²) in [7, 11) is 0. The zero-order valence-corrected chi connectivity index (χ0v) is 14.4. The van der Waals surface area contributed by atoms with E-state index < -0.39 is 0 Å². The van der Waals surface area contributed by atoms with Crippen LogP contribution < -0.4 is 4.74 Å². The van der Waals surface area contributed by atoms with Crippen LogP contribution in [0.15, 0.2) is 42.7 Å². The second-order valence-corrected chi connectivity index (χ2v) is 7.36. The Balaban J connectivity index is 1.44. The molecule has 4 heteroatoms. The Morgan fingerprint density at radius 2 is 2.21 bits per heavy atom. The summed E-state index contributed by atoms with van der Waals surface area (Å²) < 4.78 is 11.9. The van der Waals surface area contributed by atoms with Gasteiger partial charge in [-0.15, -0.1) is 0 Å². The highest BCUT2D eigenvalue weighted by molar-refractivity contribution is 5.41. The van der Waals surface area contributed by atoms with E-state index in [4.69, 9.17) is 9.47 Å². The Hall–Kier alpha value is -1.91. The topological polar surface area (TPSA) is 34.6 Å². The molecule has 0 bridgehead atoms. The lowest BCUT2D eigenvalue weighted by Gasteiger charge is -2.33. The molecule has 1 aromatic heterocycles. The number of fused-ring (bicyclic) bond motifs is 1. The third kappa shape index (κ3) is 3.30. The van der Waals surface area contributed by atoms with Crippen LogP contribution in [0.3, 0.4) is 0 Å². The SMILES string of the molecule is CC1(C)Cc2cc(CN3CCOC(c4cccnc4)C3)ccc2O1. The molecule has 3 heterocycles. The molecule has 1 unspecified atom stereocenters. The van der Waals surface area contributed by atoms with Gasteiger partial charge in [-0.1, -0.05) is 18.2 Å². The number of benzene rings is 1. The number of hydrogen-bond donors (Lipinski definition) is 0. The maximum Gasteiger partial charge on any atom is 0.123 e. The summed E-state index contributed by atoms with van der Waals surface area (Å²) in [5, 5.41) is 0. The van der Waals surface area contributed by atoms with Crippen molar-refractivity contribution in [3.05, 3.63) is 59.4 Å². The zero-order chi connectivity index (χ0) is 16.6. The summed E-state index contributed by atoms with van der Waals surface area (Å²) >= 11 is 0. The van der Waals surface area contributed by atoms with Crippen molar-refractivity contribution < 1.29 is 9.47 Å². The Morgan fingerprint density at radius 1 is 1.29 bits per heavy atom. The summed E-state index contributed by atoms with van der Waals surface area (Å²) in [6.45, 7) is 7.88. The first kappa shape index (κ1) is 15.6. The van der Waals surface area contributed by atoms with Gasteiger partial charge >= 0.3 is 0 Å². The molecular formula is C20H24N2O2. The van der Waals surface area contributed by atoms with Crippen LogP contribution in [0.2, 0.25) is 0 Å². The molecule has 4 rings (SSSR count). The van der Waals surface area contributed by atoms with Gasteiger partial charge in [0.05, 0.1) is 12.7 Å². The molecule has 0 spiro atoms. The minimum absolute atomic E-state index is 0.0780. The number of nitrogens with zero attached hydrogens (tertiary/aromatic N) is 2. The molecule has 0 saturated carbocycles. The van der Waals surface area contributed by atoms with E-state index >= 15 is 0 Å². The third-order valence-electron chi connectivity index (χ3n) is 4.74. The van der Waals surface area contributed by atoms with Gasteiger partial charge in [0.1, 0.15) is 11.4 Å². The Morgan fingerprint density at radius 3 is 3.04 bits per heavy atom. The Kier molecular flexibility index (Phi) is 4.02. The molecule has 2 aromatic rings. The third-order valence-corrected chi connectivity index (χ3v) is 4.74.